The average Bonchev–Trinajstić information content (AvgIpc) is 2.76. The third kappa shape index (κ3) is 2.81. The van der Waals surface area contributed by atoms with E-state index >= 15 is 0 Å². The van der Waals surface area contributed by atoms with E-state index in [1.165, 1.54) is 17.7 Å². The average molecular weight is 395 g/mol. The molecule has 0 radical (unpaired) electrons. The Kier molecular flexibility index (Phi) is 3.97. The van der Waals surface area contributed by atoms with Crippen molar-refractivity contribution in [2.75, 3.05) is 0 Å². The van der Waals surface area contributed by atoms with Crippen molar-refractivity contribution < 1.29 is 9.18 Å². The number of halogens is 2. The largest absolute Gasteiger partial charge is 0.330 e. The van der Waals surface area contributed by atoms with Gasteiger partial charge in [0.1, 0.15) is 5.82 Å². The first-order valence-corrected chi connectivity index (χ1v) is 8.01. The third-order valence-corrected chi connectivity index (χ3v) is 4.65. The molecular formula is C17H15FINO. The number of carbonyl (C=O) groups is 1. The SMILES string of the molecule is CCc1ccc(CN2Cc3cc(F)cc(I)c3C2=O)cc1. The Morgan fingerprint density at radius 3 is 2.52 bits per heavy atom. The van der Waals surface area contributed by atoms with E-state index in [0.29, 0.717) is 22.2 Å². The molecule has 21 heavy (non-hydrogen) atoms. The molecule has 108 valence electrons. The quantitative estimate of drug-likeness (QED) is 0.716. The Labute approximate surface area is 137 Å². The molecule has 1 aliphatic rings. The van der Waals surface area contributed by atoms with Gasteiger partial charge in [-0.05, 0) is 57.8 Å². The summed E-state index contributed by atoms with van der Waals surface area (Å²) < 4.78 is 14.1. The summed E-state index contributed by atoms with van der Waals surface area (Å²) in [6, 6.07) is 11.2. The van der Waals surface area contributed by atoms with Crippen LogP contribution in [-0.2, 0) is 19.5 Å². The fourth-order valence-electron chi connectivity index (χ4n) is 2.66. The summed E-state index contributed by atoms with van der Waals surface area (Å²) in [5.41, 5.74) is 3.83. The molecule has 0 aliphatic carbocycles. The van der Waals surface area contributed by atoms with Crippen LogP contribution in [0.25, 0.3) is 0 Å². The van der Waals surface area contributed by atoms with Crippen molar-refractivity contribution in [1.82, 2.24) is 4.90 Å². The first kappa shape index (κ1) is 14.5. The van der Waals surface area contributed by atoms with E-state index in [1.54, 1.807) is 4.90 Å². The van der Waals surface area contributed by atoms with Crippen LogP contribution in [0, 0.1) is 9.39 Å². The second-order valence-electron chi connectivity index (χ2n) is 5.25. The number of nitrogens with zero attached hydrogens (tertiary/aromatic N) is 1. The van der Waals surface area contributed by atoms with Gasteiger partial charge in [0.15, 0.2) is 0 Å². The van der Waals surface area contributed by atoms with E-state index in [1.807, 2.05) is 22.6 Å². The molecule has 0 saturated heterocycles. The predicted molar refractivity (Wildman–Crippen MR) is 88.5 cm³/mol. The number of benzene rings is 2. The van der Waals surface area contributed by atoms with Crippen molar-refractivity contribution in [1.29, 1.82) is 0 Å². The monoisotopic (exact) mass is 395 g/mol. The molecule has 2 nitrogen and oxygen atoms in total. The molecule has 0 spiro atoms. The van der Waals surface area contributed by atoms with Gasteiger partial charge in [0.2, 0.25) is 0 Å². The Morgan fingerprint density at radius 2 is 1.86 bits per heavy atom. The highest BCUT2D eigenvalue weighted by Crippen LogP contribution is 2.29. The van der Waals surface area contributed by atoms with Gasteiger partial charge in [0.25, 0.3) is 5.91 Å². The molecule has 4 heteroatoms. The smallest absolute Gasteiger partial charge is 0.255 e. The molecule has 0 fully saturated rings. The van der Waals surface area contributed by atoms with Crippen LogP contribution in [0.2, 0.25) is 0 Å². The molecule has 0 bridgehead atoms. The van der Waals surface area contributed by atoms with Crippen molar-refractivity contribution in [2.24, 2.45) is 0 Å². The lowest BCUT2D eigenvalue weighted by Gasteiger charge is -2.16. The Bertz CT molecular complexity index is 697. The second-order valence-corrected chi connectivity index (χ2v) is 6.42. The van der Waals surface area contributed by atoms with E-state index in [4.69, 9.17) is 0 Å². The standard InChI is InChI=1S/C17H15FINO/c1-2-11-3-5-12(6-4-11)9-20-10-13-7-14(18)8-15(19)16(13)17(20)21/h3-8H,2,9-10H2,1H3. The van der Waals surface area contributed by atoms with Crippen LogP contribution in [-0.4, -0.2) is 10.8 Å². The van der Waals surface area contributed by atoms with Gasteiger partial charge >= 0.3 is 0 Å². The van der Waals surface area contributed by atoms with Gasteiger partial charge in [-0.1, -0.05) is 31.2 Å². The topological polar surface area (TPSA) is 20.3 Å². The molecule has 1 aliphatic heterocycles. The maximum atomic E-state index is 13.5. The van der Waals surface area contributed by atoms with Crippen LogP contribution in [0.4, 0.5) is 4.39 Å². The zero-order valence-electron chi connectivity index (χ0n) is 11.7. The molecule has 2 aromatic carbocycles. The van der Waals surface area contributed by atoms with Gasteiger partial charge in [-0.15, -0.1) is 0 Å². The van der Waals surface area contributed by atoms with Gasteiger partial charge in [-0.25, -0.2) is 4.39 Å². The molecule has 0 unspecified atom stereocenters. The second kappa shape index (κ2) is 5.75. The number of hydrogen-bond donors (Lipinski definition) is 0. The Hall–Kier alpha value is -1.43. The molecule has 0 N–H and O–H groups in total. The Morgan fingerprint density at radius 1 is 1.19 bits per heavy atom. The van der Waals surface area contributed by atoms with Gasteiger partial charge in [-0.3, -0.25) is 4.79 Å². The summed E-state index contributed by atoms with van der Waals surface area (Å²) in [7, 11) is 0. The van der Waals surface area contributed by atoms with Gasteiger partial charge in [-0.2, -0.15) is 0 Å². The highest BCUT2D eigenvalue weighted by molar-refractivity contribution is 14.1. The van der Waals surface area contributed by atoms with E-state index in [2.05, 4.69) is 31.2 Å². The molecule has 1 heterocycles. The minimum atomic E-state index is -0.278. The van der Waals surface area contributed by atoms with E-state index in [9.17, 15) is 9.18 Å². The van der Waals surface area contributed by atoms with E-state index in [0.717, 1.165) is 17.5 Å². The van der Waals surface area contributed by atoms with E-state index < -0.39 is 0 Å². The number of aryl methyl sites for hydroxylation is 1. The zero-order chi connectivity index (χ0) is 15.0. The molecular weight excluding hydrogens is 380 g/mol. The van der Waals surface area contributed by atoms with Crippen molar-refractivity contribution in [3.8, 4) is 0 Å². The minimum absolute atomic E-state index is 0.00559. The van der Waals surface area contributed by atoms with Crippen LogP contribution < -0.4 is 0 Å². The normalized spacial score (nSPS) is 13.7. The van der Waals surface area contributed by atoms with Crippen LogP contribution in [0.1, 0.15) is 34.0 Å². The summed E-state index contributed by atoms with van der Waals surface area (Å²) in [6.45, 7) is 3.17. The maximum Gasteiger partial charge on any atom is 0.255 e. The molecule has 0 saturated carbocycles. The molecule has 2 aromatic rings. The fourth-order valence-corrected chi connectivity index (χ4v) is 3.53. The van der Waals surface area contributed by atoms with Crippen molar-refractivity contribution in [3.63, 3.8) is 0 Å². The maximum absolute atomic E-state index is 13.5. The van der Waals surface area contributed by atoms with Crippen LogP contribution in [0.3, 0.4) is 0 Å². The molecule has 0 aromatic heterocycles. The highest BCUT2D eigenvalue weighted by Gasteiger charge is 2.30. The van der Waals surface area contributed by atoms with Gasteiger partial charge in [0, 0.05) is 16.7 Å². The van der Waals surface area contributed by atoms with Crippen LogP contribution in [0.5, 0.6) is 0 Å². The Balaban J connectivity index is 1.82. The van der Waals surface area contributed by atoms with Gasteiger partial charge in [0.05, 0.1) is 5.56 Å². The summed E-state index contributed by atoms with van der Waals surface area (Å²) in [6.07, 6.45) is 1.01. The highest BCUT2D eigenvalue weighted by atomic mass is 127. The summed E-state index contributed by atoms with van der Waals surface area (Å²) >= 11 is 2.03. The first-order valence-electron chi connectivity index (χ1n) is 6.93. The lowest BCUT2D eigenvalue weighted by atomic mass is 10.1. The first-order chi connectivity index (χ1) is 10.1. The lowest BCUT2D eigenvalue weighted by molar-refractivity contribution is 0.0766. The van der Waals surface area contributed by atoms with Crippen molar-refractivity contribution in [2.45, 2.75) is 26.4 Å². The molecule has 1 amide bonds. The minimum Gasteiger partial charge on any atom is -0.330 e. The summed E-state index contributed by atoms with van der Waals surface area (Å²) in [5.74, 6) is -0.283. The molecule has 3 rings (SSSR count). The van der Waals surface area contributed by atoms with Crippen LogP contribution >= 0.6 is 22.6 Å². The molecule has 0 atom stereocenters. The lowest BCUT2D eigenvalue weighted by Crippen LogP contribution is -2.23. The number of hydrogen-bond acceptors (Lipinski definition) is 1. The number of carbonyl (C=O) groups excluding carboxylic acids is 1. The van der Waals surface area contributed by atoms with Gasteiger partial charge < -0.3 is 4.90 Å². The van der Waals surface area contributed by atoms with Crippen molar-refractivity contribution >= 4 is 28.5 Å². The number of amides is 1. The number of rotatable bonds is 3. The summed E-state index contributed by atoms with van der Waals surface area (Å²) in [4.78, 5) is 14.2. The fraction of sp³-hybridized carbons (Fsp3) is 0.235. The zero-order valence-corrected chi connectivity index (χ0v) is 13.9. The summed E-state index contributed by atoms with van der Waals surface area (Å²) in [5, 5.41) is 0. The van der Waals surface area contributed by atoms with Crippen molar-refractivity contribution in [3.05, 3.63) is 68.0 Å². The predicted octanol–water partition coefficient (Wildman–Crippen LogP) is 4.15. The number of fused-ring (bicyclic) bond motifs is 1. The van der Waals surface area contributed by atoms with Crippen LogP contribution in [0.15, 0.2) is 36.4 Å². The van der Waals surface area contributed by atoms with E-state index in [-0.39, 0.29) is 11.7 Å². The third-order valence-electron chi connectivity index (χ3n) is 3.80.